The van der Waals surface area contributed by atoms with Gasteiger partial charge in [0.25, 0.3) is 0 Å². The Morgan fingerprint density at radius 1 is 0.333 bits per heavy atom. The molecule has 32 heteroatoms. The first-order valence-corrected chi connectivity index (χ1v) is 49.8. The van der Waals surface area contributed by atoms with E-state index >= 15 is 0 Å². The standard InChI is InChI=1S/C29H27ClN4O3.C29H28FN5O3.C29H27FN4O3.C29H28N4O3.C2H6/c1-29(2,3)26-16-21(34(33-26)20-8-6-19(30)7-9-20)15-22(35)14-18-4-10-23(11-5-18)37-25-12-13-31-28-24(25)17-27(36)32-28;1-29(2,3)25-17-21(35(33-25)20-9-7-19(30)8-10-20)16-22(36)15-18-5-11-23(12-6-18)38-24-13-14-31-27-26(24)34(4)28(37)32-27;1-29(2,3)26-16-21(34(33-26)20-8-6-19(30)7-9-20)15-22(35)14-18-4-10-23(11-5-18)37-25-12-13-31-28-24(25)17-27(36)32-28;1-29(2,3)26-17-21(33(32-26)20-7-5-4-6-8-20)16-22(34)15-19-9-11-23(12-10-19)36-25-13-14-30-28-24(25)18-27(35)31-28;1-2/h4-13,16H,14-15,17H2,1-3H3,(H,31,32,36);5-14,17H,15-16H2,1-4H3,(H,31,32,37);4-13,16H,14-15,17H2,1-3H3,(H,31,32,36);4-14,17H,15-16,18H2,1-3H3,(H,30,31,35);1-2H3. The molecule has 29 nitrogen and oxygen atoms in total. The molecular weight excluding hydrogens is 1920 g/mol. The summed E-state index contributed by atoms with van der Waals surface area (Å²) in [5, 5.41) is 27.8. The highest BCUT2D eigenvalue weighted by atomic mass is 35.5. The van der Waals surface area contributed by atoms with Crippen LogP contribution in [0.2, 0.25) is 5.02 Å². The van der Waals surface area contributed by atoms with Gasteiger partial charge >= 0.3 is 5.69 Å². The lowest BCUT2D eigenvalue weighted by Crippen LogP contribution is -2.13. The van der Waals surface area contributed by atoms with Crippen molar-refractivity contribution in [2.24, 2.45) is 7.05 Å². The number of rotatable bonds is 28. The van der Waals surface area contributed by atoms with Gasteiger partial charge in [-0.2, -0.15) is 20.4 Å². The number of carbonyl (C=O) groups is 7. The molecule has 3 amide bonds. The zero-order valence-corrected chi connectivity index (χ0v) is 86.9. The minimum absolute atomic E-state index is 0.0283. The number of Topliss-reactive ketones (excluding diaryl/α,β-unsaturated/α-hetero) is 4. The van der Waals surface area contributed by atoms with Gasteiger partial charge < -0.3 is 34.9 Å². The Morgan fingerprint density at radius 3 is 0.880 bits per heavy atom. The van der Waals surface area contributed by atoms with Gasteiger partial charge in [-0.15, -0.1) is 0 Å². The van der Waals surface area contributed by atoms with Crippen molar-refractivity contribution in [3.8, 4) is 68.7 Å². The number of amides is 3. The van der Waals surface area contributed by atoms with Crippen LogP contribution in [0.15, 0.2) is 278 Å². The Hall–Kier alpha value is -17.1. The molecule has 17 aromatic rings. The van der Waals surface area contributed by atoms with Gasteiger partial charge in [-0.3, -0.25) is 43.1 Å². The van der Waals surface area contributed by atoms with Gasteiger partial charge in [0.05, 0.1) is 87.6 Å². The number of carbonyl (C=O) groups excluding carboxylic acids is 7. The normalized spacial score (nSPS) is 12.4. The summed E-state index contributed by atoms with van der Waals surface area (Å²) >= 11 is 6.07. The summed E-state index contributed by atoms with van der Waals surface area (Å²) in [5.41, 5.74) is 15.9. The van der Waals surface area contributed by atoms with E-state index in [2.05, 4.69) is 124 Å². The molecule has 3 aliphatic rings. The molecule has 12 heterocycles. The summed E-state index contributed by atoms with van der Waals surface area (Å²) in [7, 11) is 1.65. The number of anilines is 3. The molecule has 0 saturated heterocycles. The van der Waals surface area contributed by atoms with Crippen molar-refractivity contribution in [3.63, 3.8) is 0 Å². The van der Waals surface area contributed by atoms with Gasteiger partial charge in [-0.25, -0.2) is 52.2 Å². The number of H-pyrrole nitrogens is 1. The number of hydrogen-bond acceptors (Lipinski definition) is 20. The molecule has 9 aromatic heterocycles. The van der Waals surface area contributed by atoms with Crippen LogP contribution >= 0.6 is 11.6 Å². The maximum Gasteiger partial charge on any atom is 0.327 e. The molecule has 20 rings (SSSR count). The molecule has 0 aliphatic carbocycles. The number of aryl methyl sites for hydroxylation is 1. The molecule has 0 saturated carbocycles. The molecule has 0 fully saturated rings. The molecule has 0 radical (unpaired) electrons. The van der Waals surface area contributed by atoms with E-state index in [0.717, 1.165) is 95.9 Å². The first kappa shape index (κ1) is 106. The number of ketones is 4. The second-order valence-corrected chi connectivity index (χ2v) is 41.1. The topological polar surface area (TPSA) is 353 Å². The van der Waals surface area contributed by atoms with E-state index < -0.39 is 0 Å². The molecule has 0 spiro atoms. The number of para-hydroxylation sites is 1. The van der Waals surface area contributed by atoms with Crippen LogP contribution in [0, 0.1) is 11.6 Å². The molecule has 3 aliphatic heterocycles. The van der Waals surface area contributed by atoms with Crippen LogP contribution in [-0.2, 0) is 133 Å². The van der Waals surface area contributed by atoms with Crippen molar-refractivity contribution in [2.75, 3.05) is 16.0 Å². The van der Waals surface area contributed by atoms with E-state index in [9.17, 15) is 47.1 Å². The van der Waals surface area contributed by atoms with Crippen molar-refractivity contribution in [1.29, 1.82) is 0 Å². The van der Waals surface area contributed by atoms with Gasteiger partial charge in [0, 0.05) is 133 Å². The fourth-order valence-electron chi connectivity index (χ4n) is 16.8. The number of nitrogens with zero attached hydrogens (tertiary/aromatic N) is 13. The third-order valence-corrected chi connectivity index (χ3v) is 25.0. The number of benzene rings is 8. The van der Waals surface area contributed by atoms with Gasteiger partial charge in [-0.05, 0) is 198 Å². The van der Waals surface area contributed by atoms with Crippen LogP contribution in [0.25, 0.3) is 33.9 Å². The highest BCUT2D eigenvalue weighted by Crippen LogP contribution is 2.40. The molecule has 766 valence electrons. The maximum atomic E-state index is 13.5. The lowest BCUT2D eigenvalue weighted by Gasteiger charge is -2.14. The number of fused-ring (bicyclic) bond motifs is 4. The largest absolute Gasteiger partial charge is 0.457 e. The number of aromatic nitrogens is 14. The Balaban J connectivity index is 0.000000142. The molecular formula is C118H116ClF2N17O12. The van der Waals surface area contributed by atoms with E-state index in [4.69, 9.17) is 50.9 Å². The predicted molar refractivity (Wildman–Crippen MR) is 572 cm³/mol. The van der Waals surface area contributed by atoms with Crippen molar-refractivity contribution < 1.29 is 61.3 Å². The van der Waals surface area contributed by atoms with E-state index in [-0.39, 0.29) is 131 Å². The number of imidazole rings is 1. The SMILES string of the molecule is CC.CC(C)(C)c1cc(CC(=O)Cc2ccc(Oc3ccnc4c3CC(=O)N4)cc2)n(-c2ccc(Cl)cc2)n1.CC(C)(C)c1cc(CC(=O)Cc2ccc(Oc3ccnc4c3CC(=O)N4)cc2)n(-c2ccc(F)cc2)n1.CC(C)(C)c1cc(CC(=O)Cc2ccc(Oc3ccnc4c3CC(=O)N4)cc2)n(-c2ccccc2)n1.Cn1c(=O)[nH]c2nccc(Oc3ccc(CC(=O)Cc4cc(C(C)(C)C)nn4-c4ccc(F)cc4)cc3)c21. The molecule has 0 bridgehead atoms. The van der Waals surface area contributed by atoms with Crippen molar-refractivity contribution in [2.45, 2.75) is 189 Å². The summed E-state index contributed by atoms with van der Waals surface area (Å²) in [6.45, 7) is 29.0. The Labute approximate surface area is 871 Å². The molecule has 0 unspecified atom stereocenters. The summed E-state index contributed by atoms with van der Waals surface area (Å²) in [4.78, 5) is 119. The average Bonchev–Trinajstić information content (AvgIpc) is 1.64. The first-order chi connectivity index (χ1) is 71.6. The van der Waals surface area contributed by atoms with Crippen molar-refractivity contribution in [3.05, 3.63) is 385 Å². The van der Waals surface area contributed by atoms with Crippen LogP contribution in [0.1, 0.15) is 181 Å². The number of hydrogen-bond donors (Lipinski definition) is 4. The zero-order chi connectivity index (χ0) is 107. The van der Waals surface area contributed by atoms with Gasteiger partial charge in [-0.1, -0.05) is 175 Å². The number of nitrogens with one attached hydrogen (secondary N) is 4. The quantitative estimate of drug-likeness (QED) is 0.0354. The van der Waals surface area contributed by atoms with Crippen LogP contribution < -0.4 is 40.6 Å². The van der Waals surface area contributed by atoms with Crippen molar-refractivity contribution in [1.82, 2.24) is 68.6 Å². The Kier molecular flexibility index (Phi) is 32.1. The van der Waals surface area contributed by atoms with Gasteiger partial charge in [0.15, 0.2) is 11.4 Å². The van der Waals surface area contributed by atoms with E-state index in [1.54, 1.807) is 114 Å². The smallest absolute Gasteiger partial charge is 0.327 e. The molecule has 4 N–H and O–H groups in total. The fraction of sp³-hybridized carbons (Fsp3) is 0.254. The third-order valence-electron chi connectivity index (χ3n) is 24.7. The van der Waals surface area contributed by atoms with Gasteiger partial charge in [0.1, 0.15) is 98.0 Å². The number of aromatic amines is 1. The summed E-state index contributed by atoms with van der Waals surface area (Å²) in [6, 6.07) is 73.9. The third kappa shape index (κ3) is 26.5. The number of halogens is 3. The lowest BCUT2D eigenvalue weighted by atomic mass is 9.92. The molecule has 150 heavy (non-hydrogen) atoms. The van der Waals surface area contributed by atoms with E-state index in [1.165, 1.54) is 28.8 Å². The average molecular weight is 2040 g/mol. The maximum absolute atomic E-state index is 13.5. The molecule has 8 aromatic carbocycles. The zero-order valence-electron chi connectivity index (χ0n) is 86.1. The Bertz CT molecular complexity index is 7660. The number of ether oxygens (including phenoxy) is 4. The van der Waals surface area contributed by atoms with Crippen LogP contribution in [0.4, 0.5) is 26.2 Å². The minimum Gasteiger partial charge on any atom is -0.457 e. The monoisotopic (exact) mass is 2040 g/mol. The van der Waals surface area contributed by atoms with Gasteiger partial charge in [0.2, 0.25) is 17.7 Å². The van der Waals surface area contributed by atoms with Crippen LogP contribution in [-0.4, -0.2) is 109 Å². The highest BCUT2D eigenvalue weighted by Gasteiger charge is 2.32. The predicted octanol–water partition coefficient (Wildman–Crippen LogP) is 22.5. The van der Waals surface area contributed by atoms with Crippen molar-refractivity contribution >= 4 is 81.1 Å². The van der Waals surface area contributed by atoms with E-state index in [1.807, 2.05) is 175 Å². The number of pyridine rings is 4. The highest BCUT2D eigenvalue weighted by molar-refractivity contribution is 6.30. The van der Waals surface area contributed by atoms with Crippen LogP contribution in [0.5, 0.6) is 46.0 Å². The minimum atomic E-state index is -0.326. The summed E-state index contributed by atoms with van der Waals surface area (Å²) < 4.78 is 59.5. The molecule has 0 atom stereocenters. The second-order valence-electron chi connectivity index (χ2n) is 40.6. The Morgan fingerprint density at radius 2 is 0.593 bits per heavy atom. The van der Waals surface area contributed by atoms with Crippen LogP contribution in [0.3, 0.4) is 0 Å². The van der Waals surface area contributed by atoms with E-state index in [0.29, 0.717) is 110 Å². The second kappa shape index (κ2) is 45.5. The lowest BCUT2D eigenvalue weighted by molar-refractivity contribution is -0.118. The summed E-state index contributed by atoms with van der Waals surface area (Å²) in [5.74, 6) is 5.64. The first-order valence-electron chi connectivity index (χ1n) is 49.4. The fourth-order valence-corrected chi connectivity index (χ4v) is 16.9. The summed E-state index contributed by atoms with van der Waals surface area (Å²) in [6.07, 6.45) is 9.14.